The van der Waals surface area contributed by atoms with Crippen LogP contribution in [0.2, 0.25) is 0 Å². The number of likely N-dealkylation sites (tertiary alicyclic amines) is 1. The van der Waals surface area contributed by atoms with Gasteiger partial charge in [0.2, 0.25) is 0 Å². The van der Waals surface area contributed by atoms with Gasteiger partial charge in [0.25, 0.3) is 11.6 Å². The van der Waals surface area contributed by atoms with Crippen LogP contribution in [0.1, 0.15) is 22.3 Å². The van der Waals surface area contributed by atoms with Crippen molar-refractivity contribution < 1.29 is 19.6 Å². The highest BCUT2D eigenvalue weighted by atomic mass is 16.6. The number of carboxylic acids is 1. The molecular formula is C13H15N3O5. The van der Waals surface area contributed by atoms with Crippen LogP contribution in [0.25, 0.3) is 0 Å². The minimum atomic E-state index is -1.49. The van der Waals surface area contributed by atoms with E-state index in [4.69, 9.17) is 10.8 Å². The quantitative estimate of drug-likeness (QED) is 0.618. The Morgan fingerprint density at radius 2 is 2.14 bits per heavy atom. The van der Waals surface area contributed by atoms with Crippen molar-refractivity contribution in [1.82, 2.24) is 4.90 Å². The minimum Gasteiger partial charge on any atom is -0.480 e. The maximum absolute atomic E-state index is 12.5. The summed E-state index contributed by atoms with van der Waals surface area (Å²) in [4.78, 5) is 35.3. The van der Waals surface area contributed by atoms with Gasteiger partial charge in [0.15, 0.2) is 0 Å². The summed E-state index contributed by atoms with van der Waals surface area (Å²) < 4.78 is 0. The number of nitrogens with two attached hydrogens (primary N) is 1. The Balaban J connectivity index is 2.35. The summed E-state index contributed by atoms with van der Waals surface area (Å²) in [5.41, 5.74) is 4.39. The maximum Gasteiger partial charge on any atom is 0.325 e. The van der Waals surface area contributed by atoms with Gasteiger partial charge in [-0.25, -0.2) is 0 Å². The van der Waals surface area contributed by atoms with E-state index in [-0.39, 0.29) is 30.8 Å². The number of nitro groups is 1. The van der Waals surface area contributed by atoms with Crippen LogP contribution in [0.15, 0.2) is 18.2 Å². The molecule has 1 amide bonds. The number of carbonyl (C=O) groups is 2. The van der Waals surface area contributed by atoms with Gasteiger partial charge in [-0.15, -0.1) is 0 Å². The van der Waals surface area contributed by atoms with Gasteiger partial charge < -0.3 is 15.7 Å². The second kappa shape index (κ2) is 5.13. The Bertz CT molecular complexity index is 630. The number of amides is 1. The summed E-state index contributed by atoms with van der Waals surface area (Å²) >= 11 is 0. The molecule has 1 aliphatic heterocycles. The summed E-state index contributed by atoms with van der Waals surface area (Å²) in [6.45, 7) is 1.60. The highest BCUT2D eigenvalue weighted by Crippen LogP contribution is 2.27. The van der Waals surface area contributed by atoms with E-state index in [9.17, 15) is 19.7 Å². The van der Waals surface area contributed by atoms with E-state index in [1.165, 1.54) is 17.0 Å². The number of nitro benzene ring substituents is 1. The van der Waals surface area contributed by atoms with Crippen molar-refractivity contribution in [2.45, 2.75) is 18.9 Å². The van der Waals surface area contributed by atoms with Crippen molar-refractivity contribution in [3.8, 4) is 0 Å². The summed E-state index contributed by atoms with van der Waals surface area (Å²) in [5.74, 6) is -1.74. The summed E-state index contributed by atoms with van der Waals surface area (Å²) in [7, 11) is 0. The van der Waals surface area contributed by atoms with E-state index in [2.05, 4.69) is 0 Å². The fourth-order valence-corrected chi connectivity index (χ4v) is 2.42. The Morgan fingerprint density at radius 1 is 1.48 bits per heavy atom. The third kappa shape index (κ3) is 2.57. The molecule has 1 aromatic rings. The minimum absolute atomic E-state index is 0.0165. The van der Waals surface area contributed by atoms with Crippen LogP contribution in [-0.4, -0.2) is 45.4 Å². The summed E-state index contributed by atoms with van der Waals surface area (Å²) in [5, 5.41) is 20.1. The molecule has 112 valence electrons. The first-order valence-electron chi connectivity index (χ1n) is 6.32. The molecular weight excluding hydrogens is 278 g/mol. The fourth-order valence-electron chi connectivity index (χ4n) is 2.42. The van der Waals surface area contributed by atoms with Crippen molar-refractivity contribution in [2.24, 2.45) is 5.73 Å². The van der Waals surface area contributed by atoms with Crippen LogP contribution in [0.5, 0.6) is 0 Å². The number of nitrogens with zero attached hydrogens (tertiary/aromatic N) is 2. The third-order valence-corrected chi connectivity index (χ3v) is 3.68. The van der Waals surface area contributed by atoms with Crippen molar-refractivity contribution in [2.75, 3.05) is 13.1 Å². The molecule has 1 aliphatic rings. The number of aryl methyl sites for hydroxylation is 1. The number of rotatable bonds is 3. The average molecular weight is 293 g/mol. The predicted octanol–water partition coefficient (Wildman–Crippen LogP) is 0.531. The molecule has 0 radical (unpaired) electrons. The molecule has 8 heteroatoms. The van der Waals surface area contributed by atoms with E-state index >= 15 is 0 Å². The molecule has 21 heavy (non-hydrogen) atoms. The van der Waals surface area contributed by atoms with Crippen LogP contribution in [0, 0.1) is 17.0 Å². The lowest BCUT2D eigenvalue weighted by Gasteiger charge is -2.20. The molecule has 1 saturated heterocycles. The normalized spacial score (nSPS) is 21.3. The molecule has 8 nitrogen and oxygen atoms in total. The standard InChI is InChI=1S/C13H15N3O5/c1-8-3-2-4-9(16(20)21)10(8)11(17)15-6-5-13(14,7-15)12(18)19/h2-4H,5-7,14H2,1H3,(H,18,19). The monoisotopic (exact) mass is 293 g/mol. The molecule has 0 bridgehead atoms. The zero-order valence-corrected chi connectivity index (χ0v) is 11.4. The molecule has 3 N–H and O–H groups in total. The van der Waals surface area contributed by atoms with E-state index in [1.807, 2.05) is 0 Å². The molecule has 1 heterocycles. The van der Waals surface area contributed by atoms with Gasteiger partial charge in [-0.05, 0) is 18.9 Å². The van der Waals surface area contributed by atoms with Gasteiger partial charge in [-0.1, -0.05) is 12.1 Å². The number of carboxylic acid groups (broad SMARTS) is 1. The van der Waals surface area contributed by atoms with Crippen LogP contribution in [0.4, 0.5) is 5.69 Å². The van der Waals surface area contributed by atoms with Crippen LogP contribution in [0.3, 0.4) is 0 Å². The van der Waals surface area contributed by atoms with Gasteiger partial charge in [0.1, 0.15) is 11.1 Å². The smallest absolute Gasteiger partial charge is 0.325 e. The number of hydrogen-bond acceptors (Lipinski definition) is 5. The maximum atomic E-state index is 12.5. The van der Waals surface area contributed by atoms with E-state index < -0.39 is 22.3 Å². The van der Waals surface area contributed by atoms with Crippen LogP contribution < -0.4 is 5.73 Å². The van der Waals surface area contributed by atoms with Crippen molar-refractivity contribution in [1.29, 1.82) is 0 Å². The number of aliphatic carboxylic acids is 1. The first-order chi connectivity index (χ1) is 9.76. The Morgan fingerprint density at radius 3 is 2.67 bits per heavy atom. The first kappa shape index (κ1) is 14.9. The van der Waals surface area contributed by atoms with Gasteiger partial charge in [0.05, 0.1) is 4.92 Å². The van der Waals surface area contributed by atoms with Crippen LogP contribution in [-0.2, 0) is 4.79 Å². The second-order valence-corrected chi connectivity index (χ2v) is 5.16. The Kier molecular flexibility index (Phi) is 3.65. The van der Waals surface area contributed by atoms with Gasteiger partial charge in [-0.2, -0.15) is 0 Å². The summed E-state index contributed by atoms with van der Waals surface area (Å²) in [6.07, 6.45) is 0.119. The molecule has 1 unspecified atom stereocenters. The molecule has 1 fully saturated rings. The predicted molar refractivity (Wildman–Crippen MR) is 72.9 cm³/mol. The van der Waals surface area contributed by atoms with Crippen molar-refractivity contribution >= 4 is 17.6 Å². The molecule has 0 aliphatic carbocycles. The summed E-state index contributed by atoms with van der Waals surface area (Å²) in [6, 6.07) is 4.35. The average Bonchev–Trinajstić information content (AvgIpc) is 2.82. The zero-order chi connectivity index (χ0) is 15.8. The van der Waals surface area contributed by atoms with Gasteiger partial charge in [-0.3, -0.25) is 19.7 Å². The largest absolute Gasteiger partial charge is 0.480 e. The van der Waals surface area contributed by atoms with E-state index in [1.54, 1.807) is 13.0 Å². The fraction of sp³-hybridized carbons (Fsp3) is 0.385. The Hall–Kier alpha value is -2.48. The lowest BCUT2D eigenvalue weighted by atomic mass is 10.0. The lowest BCUT2D eigenvalue weighted by Crippen LogP contribution is -2.50. The lowest BCUT2D eigenvalue weighted by molar-refractivity contribution is -0.385. The molecule has 0 spiro atoms. The SMILES string of the molecule is Cc1cccc([N+](=O)[O-])c1C(=O)N1CCC(N)(C(=O)O)C1. The van der Waals surface area contributed by atoms with Gasteiger partial charge >= 0.3 is 5.97 Å². The molecule has 0 aromatic heterocycles. The Labute approximate surface area is 120 Å². The van der Waals surface area contributed by atoms with Crippen molar-refractivity contribution in [3.05, 3.63) is 39.4 Å². The number of hydrogen-bond donors (Lipinski definition) is 2. The second-order valence-electron chi connectivity index (χ2n) is 5.16. The van der Waals surface area contributed by atoms with E-state index in [0.29, 0.717) is 5.56 Å². The van der Waals surface area contributed by atoms with E-state index in [0.717, 1.165) is 0 Å². The van der Waals surface area contributed by atoms with Crippen molar-refractivity contribution in [3.63, 3.8) is 0 Å². The highest BCUT2D eigenvalue weighted by Gasteiger charge is 2.44. The molecule has 1 atom stereocenters. The molecule has 0 saturated carbocycles. The topological polar surface area (TPSA) is 127 Å². The molecule has 2 rings (SSSR count). The third-order valence-electron chi connectivity index (χ3n) is 3.68. The first-order valence-corrected chi connectivity index (χ1v) is 6.32. The zero-order valence-electron chi connectivity index (χ0n) is 11.4. The van der Waals surface area contributed by atoms with Crippen LogP contribution >= 0.6 is 0 Å². The highest BCUT2D eigenvalue weighted by molar-refractivity contribution is 6.00. The molecule has 1 aromatic carbocycles. The number of benzene rings is 1. The number of carbonyl (C=O) groups excluding carboxylic acids is 1. The van der Waals surface area contributed by atoms with Gasteiger partial charge in [0, 0.05) is 19.2 Å².